The Balaban J connectivity index is 2.25. The van der Waals surface area contributed by atoms with Crippen LogP contribution in [0.4, 0.5) is 0 Å². The summed E-state index contributed by atoms with van der Waals surface area (Å²) in [7, 11) is 2.00. The van der Waals surface area contributed by atoms with Gasteiger partial charge in [0, 0.05) is 18.8 Å². The largest absolute Gasteiger partial charge is 0.308 e. The van der Waals surface area contributed by atoms with Crippen LogP contribution in [0.25, 0.3) is 11.2 Å². The van der Waals surface area contributed by atoms with Gasteiger partial charge in [-0.15, -0.1) is 11.6 Å². The molecule has 1 fully saturated rings. The fourth-order valence-electron chi connectivity index (χ4n) is 2.82. The van der Waals surface area contributed by atoms with Crippen LogP contribution in [0.15, 0.2) is 0 Å². The van der Waals surface area contributed by atoms with Crippen molar-refractivity contribution in [3.63, 3.8) is 0 Å². The SMILES string of the molecule is CCc1nn(C)c2c1nc(C(C)Cl)n2C1CCSC1. The van der Waals surface area contributed by atoms with Crippen LogP contribution in [0.2, 0.25) is 0 Å². The van der Waals surface area contributed by atoms with Crippen molar-refractivity contribution in [2.45, 2.75) is 38.1 Å². The zero-order chi connectivity index (χ0) is 13.6. The molecule has 2 aromatic rings. The van der Waals surface area contributed by atoms with Gasteiger partial charge < -0.3 is 4.57 Å². The molecule has 0 N–H and O–H groups in total. The van der Waals surface area contributed by atoms with Crippen molar-refractivity contribution in [1.29, 1.82) is 0 Å². The summed E-state index contributed by atoms with van der Waals surface area (Å²) in [5.74, 6) is 3.36. The molecule has 0 aromatic carbocycles. The lowest BCUT2D eigenvalue weighted by molar-refractivity contribution is 0.534. The molecular formula is C13H19ClN4S. The zero-order valence-electron chi connectivity index (χ0n) is 11.6. The minimum Gasteiger partial charge on any atom is -0.308 e. The monoisotopic (exact) mass is 298 g/mol. The van der Waals surface area contributed by atoms with E-state index in [-0.39, 0.29) is 5.38 Å². The van der Waals surface area contributed by atoms with Gasteiger partial charge in [-0.1, -0.05) is 6.92 Å². The maximum absolute atomic E-state index is 6.34. The summed E-state index contributed by atoms with van der Waals surface area (Å²) < 4.78 is 4.30. The summed E-state index contributed by atoms with van der Waals surface area (Å²) in [6.45, 7) is 4.12. The average Bonchev–Trinajstić information content (AvgIpc) is 3.04. The van der Waals surface area contributed by atoms with Gasteiger partial charge in [0.05, 0.1) is 11.1 Å². The van der Waals surface area contributed by atoms with Gasteiger partial charge in [0.1, 0.15) is 11.3 Å². The smallest absolute Gasteiger partial charge is 0.159 e. The van der Waals surface area contributed by atoms with Gasteiger partial charge in [0.15, 0.2) is 5.65 Å². The van der Waals surface area contributed by atoms with Crippen LogP contribution in [-0.2, 0) is 13.5 Å². The highest BCUT2D eigenvalue weighted by Gasteiger charge is 2.27. The molecular weight excluding hydrogens is 280 g/mol. The number of rotatable bonds is 3. The Morgan fingerprint density at radius 1 is 1.53 bits per heavy atom. The topological polar surface area (TPSA) is 35.6 Å². The van der Waals surface area contributed by atoms with E-state index in [1.807, 2.05) is 30.4 Å². The van der Waals surface area contributed by atoms with E-state index in [9.17, 15) is 0 Å². The first-order valence-electron chi connectivity index (χ1n) is 6.79. The Kier molecular flexibility index (Phi) is 3.52. The number of aromatic nitrogens is 4. The van der Waals surface area contributed by atoms with Gasteiger partial charge in [-0.25, -0.2) is 4.98 Å². The second-order valence-corrected chi connectivity index (χ2v) is 6.87. The summed E-state index contributed by atoms with van der Waals surface area (Å²) in [5, 5.41) is 4.52. The molecule has 0 bridgehead atoms. The predicted octanol–water partition coefficient (Wildman–Crippen LogP) is 3.31. The summed E-state index contributed by atoms with van der Waals surface area (Å²) in [4.78, 5) is 4.79. The number of imidazole rings is 1. The number of hydrogen-bond donors (Lipinski definition) is 0. The third kappa shape index (κ3) is 2.07. The number of hydrogen-bond acceptors (Lipinski definition) is 3. The van der Waals surface area contributed by atoms with Gasteiger partial charge in [0.25, 0.3) is 0 Å². The highest BCUT2D eigenvalue weighted by molar-refractivity contribution is 7.99. The molecule has 6 heteroatoms. The van der Waals surface area contributed by atoms with Crippen molar-refractivity contribution < 1.29 is 0 Å². The van der Waals surface area contributed by atoms with Gasteiger partial charge in [0.2, 0.25) is 0 Å². The molecule has 3 rings (SSSR count). The molecule has 104 valence electrons. The molecule has 2 atom stereocenters. The molecule has 3 heterocycles. The van der Waals surface area contributed by atoms with Crippen LogP contribution in [0.5, 0.6) is 0 Å². The second-order valence-electron chi connectivity index (χ2n) is 5.07. The minimum absolute atomic E-state index is 0.0669. The number of thioether (sulfide) groups is 1. The molecule has 2 unspecified atom stereocenters. The fourth-order valence-corrected chi connectivity index (χ4v) is 4.17. The molecule has 1 aliphatic rings. The molecule has 1 aliphatic heterocycles. The number of fused-ring (bicyclic) bond motifs is 1. The van der Waals surface area contributed by atoms with Gasteiger partial charge in [-0.05, 0) is 25.5 Å². The highest BCUT2D eigenvalue weighted by Crippen LogP contribution is 2.35. The molecule has 19 heavy (non-hydrogen) atoms. The average molecular weight is 299 g/mol. The van der Waals surface area contributed by atoms with Crippen LogP contribution in [0, 0.1) is 0 Å². The fraction of sp³-hybridized carbons (Fsp3) is 0.692. The van der Waals surface area contributed by atoms with Crippen molar-refractivity contribution in [3.8, 4) is 0 Å². The van der Waals surface area contributed by atoms with Crippen LogP contribution in [0.1, 0.15) is 43.2 Å². The maximum Gasteiger partial charge on any atom is 0.159 e. The third-order valence-corrected chi connectivity index (χ3v) is 5.07. The van der Waals surface area contributed by atoms with Crippen LogP contribution < -0.4 is 0 Å². The van der Waals surface area contributed by atoms with Crippen molar-refractivity contribution in [3.05, 3.63) is 11.5 Å². The van der Waals surface area contributed by atoms with Crippen molar-refractivity contribution >= 4 is 34.5 Å². The van der Waals surface area contributed by atoms with Gasteiger partial charge >= 0.3 is 0 Å². The Morgan fingerprint density at radius 2 is 2.32 bits per heavy atom. The molecule has 0 amide bonds. The quantitative estimate of drug-likeness (QED) is 0.816. The molecule has 0 saturated carbocycles. The predicted molar refractivity (Wildman–Crippen MR) is 81.1 cm³/mol. The Bertz CT molecular complexity index is 595. The number of halogens is 1. The van der Waals surface area contributed by atoms with E-state index < -0.39 is 0 Å². The van der Waals surface area contributed by atoms with Crippen LogP contribution in [-0.4, -0.2) is 30.8 Å². The summed E-state index contributed by atoms with van der Waals surface area (Å²) >= 11 is 8.35. The first-order valence-corrected chi connectivity index (χ1v) is 8.38. The molecule has 0 radical (unpaired) electrons. The van der Waals surface area contributed by atoms with E-state index in [2.05, 4.69) is 16.6 Å². The first-order chi connectivity index (χ1) is 9.13. The number of nitrogens with zero attached hydrogens (tertiary/aromatic N) is 4. The second kappa shape index (κ2) is 5.02. The summed E-state index contributed by atoms with van der Waals surface area (Å²) in [6, 6.07) is 0.506. The van der Waals surface area contributed by atoms with Crippen LogP contribution in [0.3, 0.4) is 0 Å². The molecule has 2 aromatic heterocycles. The van der Waals surface area contributed by atoms with E-state index in [0.717, 1.165) is 34.9 Å². The van der Waals surface area contributed by atoms with Crippen molar-refractivity contribution in [2.75, 3.05) is 11.5 Å². The maximum atomic E-state index is 6.34. The van der Waals surface area contributed by atoms with Crippen LogP contribution >= 0.6 is 23.4 Å². The Hall–Kier alpha value is -0.680. The third-order valence-electron chi connectivity index (χ3n) is 3.73. The minimum atomic E-state index is -0.0669. The summed E-state index contributed by atoms with van der Waals surface area (Å²) in [6.07, 6.45) is 2.10. The lowest BCUT2D eigenvalue weighted by Gasteiger charge is -2.16. The van der Waals surface area contributed by atoms with E-state index >= 15 is 0 Å². The van der Waals surface area contributed by atoms with E-state index in [1.54, 1.807) is 0 Å². The lowest BCUT2D eigenvalue weighted by atomic mass is 10.2. The van der Waals surface area contributed by atoms with Gasteiger partial charge in [-0.3, -0.25) is 4.68 Å². The first kappa shape index (κ1) is 13.3. The number of aryl methyl sites for hydroxylation is 2. The number of alkyl halides is 1. The zero-order valence-corrected chi connectivity index (χ0v) is 13.1. The normalized spacial score (nSPS) is 21.4. The van der Waals surface area contributed by atoms with E-state index in [1.165, 1.54) is 12.2 Å². The highest BCUT2D eigenvalue weighted by atomic mass is 35.5. The standard InChI is InChI=1S/C13H19ClN4S/c1-4-10-11-13(17(3)16-10)18(9-5-6-19-7-9)12(15-11)8(2)14/h8-9H,4-7H2,1-3H3. The molecule has 4 nitrogen and oxygen atoms in total. The van der Waals surface area contributed by atoms with E-state index in [4.69, 9.17) is 16.6 Å². The molecule has 0 spiro atoms. The van der Waals surface area contributed by atoms with Crippen molar-refractivity contribution in [1.82, 2.24) is 19.3 Å². The Labute approximate surface area is 122 Å². The van der Waals surface area contributed by atoms with E-state index in [0.29, 0.717) is 6.04 Å². The molecule has 1 saturated heterocycles. The van der Waals surface area contributed by atoms with Crippen molar-refractivity contribution in [2.24, 2.45) is 7.05 Å². The Morgan fingerprint density at radius 3 is 2.89 bits per heavy atom. The summed E-state index contributed by atoms with van der Waals surface area (Å²) in [5.41, 5.74) is 3.23. The lowest BCUT2D eigenvalue weighted by Crippen LogP contribution is -2.14. The van der Waals surface area contributed by atoms with Gasteiger partial charge in [-0.2, -0.15) is 16.9 Å². The molecule has 0 aliphatic carbocycles.